The summed E-state index contributed by atoms with van der Waals surface area (Å²) >= 11 is 5.80. The van der Waals surface area contributed by atoms with E-state index >= 15 is 0 Å². The van der Waals surface area contributed by atoms with Crippen molar-refractivity contribution in [3.8, 4) is 0 Å². The van der Waals surface area contributed by atoms with Gasteiger partial charge in [-0.25, -0.2) is 17.1 Å². The predicted octanol–water partition coefficient (Wildman–Crippen LogP) is 1.51. The van der Waals surface area contributed by atoms with E-state index in [0.717, 1.165) is 12.3 Å². The van der Waals surface area contributed by atoms with E-state index in [4.69, 9.17) is 16.3 Å². The average molecular weight is 367 g/mol. The van der Waals surface area contributed by atoms with Crippen molar-refractivity contribution in [1.29, 1.82) is 0 Å². The van der Waals surface area contributed by atoms with Gasteiger partial charge in [-0.1, -0.05) is 17.7 Å². The maximum atomic E-state index is 13.6. The Balaban J connectivity index is 2.60. The molecule has 0 aliphatic heterocycles. The standard InChI is InChI=1S/C14H20ClFN2O4S/c1-22-10-4-8-18(23(2,20)21)9-7-17-14(19)13-11(15)5-3-6-12(13)16/h3,5-6H,4,7-10H2,1-2H3,(H,17,19). The van der Waals surface area contributed by atoms with Crippen LogP contribution in [0.5, 0.6) is 0 Å². The lowest BCUT2D eigenvalue weighted by Crippen LogP contribution is -2.39. The highest BCUT2D eigenvalue weighted by Crippen LogP contribution is 2.18. The molecular weight excluding hydrogens is 347 g/mol. The molecule has 0 unspecified atom stereocenters. The Labute approximate surface area is 140 Å². The lowest BCUT2D eigenvalue weighted by molar-refractivity contribution is 0.0947. The number of halogens is 2. The number of carbonyl (C=O) groups excluding carboxylic acids is 1. The molecule has 0 heterocycles. The highest BCUT2D eigenvalue weighted by molar-refractivity contribution is 7.88. The van der Waals surface area contributed by atoms with Gasteiger partial charge in [0.05, 0.1) is 16.8 Å². The summed E-state index contributed by atoms with van der Waals surface area (Å²) in [4.78, 5) is 12.0. The SMILES string of the molecule is COCCCN(CCNC(=O)c1c(F)cccc1Cl)S(C)(=O)=O. The van der Waals surface area contributed by atoms with E-state index in [1.54, 1.807) is 0 Å². The lowest BCUT2D eigenvalue weighted by atomic mass is 10.2. The third-order valence-electron chi connectivity index (χ3n) is 3.06. The molecule has 1 aromatic carbocycles. The van der Waals surface area contributed by atoms with Crippen LogP contribution in [0.25, 0.3) is 0 Å². The number of amides is 1. The first kappa shape index (κ1) is 19.8. The highest BCUT2D eigenvalue weighted by atomic mass is 35.5. The molecule has 6 nitrogen and oxygen atoms in total. The Hall–Kier alpha value is -1.22. The second-order valence-electron chi connectivity index (χ2n) is 4.86. The molecule has 0 fully saturated rings. The van der Waals surface area contributed by atoms with Crippen LogP contribution in [-0.2, 0) is 14.8 Å². The van der Waals surface area contributed by atoms with Crippen molar-refractivity contribution >= 4 is 27.5 Å². The van der Waals surface area contributed by atoms with Gasteiger partial charge < -0.3 is 10.1 Å². The smallest absolute Gasteiger partial charge is 0.255 e. The Morgan fingerprint density at radius 3 is 2.65 bits per heavy atom. The van der Waals surface area contributed by atoms with Gasteiger partial charge >= 0.3 is 0 Å². The number of hydrogen-bond donors (Lipinski definition) is 1. The Kier molecular flexibility index (Phi) is 7.90. The van der Waals surface area contributed by atoms with Crippen molar-refractivity contribution in [2.75, 3.05) is 39.6 Å². The third-order valence-corrected chi connectivity index (χ3v) is 4.68. The summed E-state index contributed by atoms with van der Waals surface area (Å²) in [5.74, 6) is -1.41. The molecule has 1 amide bonds. The molecule has 1 N–H and O–H groups in total. The number of nitrogens with zero attached hydrogens (tertiary/aromatic N) is 1. The molecule has 23 heavy (non-hydrogen) atoms. The van der Waals surface area contributed by atoms with Gasteiger partial charge in [0.1, 0.15) is 5.82 Å². The number of benzene rings is 1. The van der Waals surface area contributed by atoms with Gasteiger partial charge in [0.15, 0.2) is 0 Å². The maximum Gasteiger partial charge on any atom is 0.255 e. The van der Waals surface area contributed by atoms with Crippen LogP contribution in [-0.4, -0.2) is 58.2 Å². The van der Waals surface area contributed by atoms with Crippen molar-refractivity contribution < 1.29 is 22.3 Å². The summed E-state index contributed by atoms with van der Waals surface area (Å²) < 4.78 is 43.1. The number of methoxy groups -OCH3 is 1. The average Bonchev–Trinajstić information content (AvgIpc) is 2.44. The number of carbonyl (C=O) groups is 1. The fourth-order valence-electron chi connectivity index (χ4n) is 1.93. The summed E-state index contributed by atoms with van der Waals surface area (Å²) in [6.45, 7) is 0.843. The van der Waals surface area contributed by atoms with E-state index in [-0.39, 0.29) is 30.2 Å². The minimum atomic E-state index is -3.40. The fraction of sp³-hybridized carbons (Fsp3) is 0.500. The summed E-state index contributed by atoms with van der Waals surface area (Å²) in [7, 11) is -1.87. The van der Waals surface area contributed by atoms with Crippen LogP contribution < -0.4 is 5.32 Å². The van der Waals surface area contributed by atoms with Crippen LogP contribution in [0.15, 0.2) is 18.2 Å². The molecule has 0 bridgehead atoms. The molecule has 0 saturated carbocycles. The van der Waals surface area contributed by atoms with Crippen molar-refractivity contribution in [2.24, 2.45) is 0 Å². The minimum absolute atomic E-state index is 0.00237. The Morgan fingerprint density at radius 1 is 1.39 bits per heavy atom. The summed E-state index contributed by atoms with van der Waals surface area (Å²) in [5.41, 5.74) is -0.251. The van der Waals surface area contributed by atoms with Gasteiger partial charge in [0.25, 0.3) is 5.91 Å². The maximum absolute atomic E-state index is 13.6. The Morgan fingerprint density at radius 2 is 2.09 bits per heavy atom. The quantitative estimate of drug-likeness (QED) is 0.672. The molecule has 1 aromatic rings. The molecule has 0 saturated heterocycles. The molecule has 0 aromatic heterocycles. The predicted molar refractivity (Wildman–Crippen MR) is 86.7 cm³/mol. The van der Waals surface area contributed by atoms with E-state index < -0.39 is 21.7 Å². The molecule has 1 rings (SSSR count). The van der Waals surface area contributed by atoms with Crippen LogP contribution in [0.2, 0.25) is 5.02 Å². The van der Waals surface area contributed by atoms with E-state index in [1.165, 1.54) is 23.5 Å². The number of sulfonamides is 1. The number of ether oxygens (including phenoxy) is 1. The van der Waals surface area contributed by atoms with Gasteiger partial charge in [-0.15, -0.1) is 0 Å². The molecule has 0 aliphatic rings. The van der Waals surface area contributed by atoms with Crippen LogP contribution in [0, 0.1) is 5.82 Å². The normalized spacial score (nSPS) is 11.7. The van der Waals surface area contributed by atoms with Crippen molar-refractivity contribution in [3.05, 3.63) is 34.6 Å². The second-order valence-corrected chi connectivity index (χ2v) is 7.25. The number of hydrogen-bond acceptors (Lipinski definition) is 4. The monoisotopic (exact) mass is 366 g/mol. The molecule has 9 heteroatoms. The molecule has 0 atom stereocenters. The van der Waals surface area contributed by atoms with Crippen molar-refractivity contribution in [3.63, 3.8) is 0 Å². The number of rotatable bonds is 9. The van der Waals surface area contributed by atoms with Gasteiger partial charge in [-0.05, 0) is 18.6 Å². The zero-order chi connectivity index (χ0) is 17.5. The first-order valence-corrected chi connectivity index (χ1v) is 9.16. The third kappa shape index (κ3) is 6.42. The summed E-state index contributed by atoms with van der Waals surface area (Å²) in [6.07, 6.45) is 1.63. The van der Waals surface area contributed by atoms with E-state index in [0.29, 0.717) is 13.0 Å². The van der Waals surface area contributed by atoms with Gasteiger partial charge in [0.2, 0.25) is 10.0 Å². The topological polar surface area (TPSA) is 75.7 Å². The van der Waals surface area contributed by atoms with Crippen LogP contribution >= 0.6 is 11.6 Å². The lowest BCUT2D eigenvalue weighted by Gasteiger charge is -2.20. The zero-order valence-corrected chi connectivity index (χ0v) is 14.6. The highest BCUT2D eigenvalue weighted by Gasteiger charge is 2.18. The summed E-state index contributed by atoms with van der Waals surface area (Å²) in [5, 5.41) is 2.48. The molecule has 0 aliphatic carbocycles. The fourth-order valence-corrected chi connectivity index (χ4v) is 3.06. The number of nitrogens with one attached hydrogen (secondary N) is 1. The van der Waals surface area contributed by atoms with Crippen LogP contribution in [0.1, 0.15) is 16.8 Å². The van der Waals surface area contributed by atoms with Gasteiger partial charge in [-0.2, -0.15) is 0 Å². The van der Waals surface area contributed by atoms with E-state index in [1.807, 2.05) is 0 Å². The zero-order valence-electron chi connectivity index (χ0n) is 13.0. The second kappa shape index (κ2) is 9.17. The van der Waals surface area contributed by atoms with E-state index in [9.17, 15) is 17.6 Å². The van der Waals surface area contributed by atoms with Crippen molar-refractivity contribution in [2.45, 2.75) is 6.42 Å². The molecular formula is C14H20ClFN2O4S. The van der Waals surface area contributed by atoms with Crippen LogP contribution in [0.3, 0.4) is 0 Å². The minimum Gasteiger partial charge on any atom is -0.385 e. The van der Waals surface area contributed by atoms with Gasteiger partial charge in [-0.3, -0.25) is 4.79 Å². The molecule has 130 valence electrons. The molecule has 0 radical (unpaired) electrons. The van der Waals surface area contributed by atoms with Crippen molar-refractivity contribution in [1.82, 2.24) is 9.62 Å². The van der Waals surface area contributed by atoms with Crippen LogP contribution in [0.4, 0.5) is 4.39 Å². The largest absolute Gasteiger partial charge is 0.385 e. The van der Waals surface area contributed by atoms with Gasteiger partial charge in [0, 0.05) is 33.4 Å². The van der Waals surface area contributed by atoms with E-state index in [2.05, 4.69) is 5.32 Å². The summed E-state index contributed by atoms with van der Waals surface area (Å²) in [6, 6.07) is 3.94. The first-order chi connectivity index (χ1) is 10.8. The molecule has 0 spiro atoms. The Bertz CT molecular complexity index is 619. The first-order valence-electron chi connectivity index (χ1n) is 6.93.